The zero-order valence-electron chi connectivity index (χ0n) is 14.9. The molecule has 0 bridgehead atoms. The highest BCUT2D eigenvalue weighted by Gasteiger charge is 2.04. The van der Waals surface area contributed by atoms with Crippen molar-refractivity contribution >= 4 is 29.8 Å². The highest BCUT2D eigenvalue weighted by molar-refractivity contribution is 5.90. The van der Waals surface area contributed by atoms with E-state index in [9.17, 15) is 19.2 Å². The van der Waals surface area contributed by atoms with Crippen LogP contribution < -0.4 is 16.0 Å². The number of hydrogen-bond donors (Lipinski definition) is 3. The van der Waals surface area contributed by atoms with Gasteiger partial charge in [0, 0.05) is 44.6 Å². The Morgan fingerprint density at radius 1 is 1.00 bits per heavy atom. The van der Waals surface area contributed by atoms with Gasteiger partial charge in [-0.15, -0.1) is 0 Å². The van der Waals surface area contributed by atoms with Gasteiger partial charge in [-0.3, -0.25) is 14.4 Å². The third kappa shape index (κ3) is 9.53. The molecule has 142 valence electrons. The van der Waals surface area contributed by atoms with Crippen LogP contribution in [0.1, 0.15) is 31.2 Å². The molecular weight excluding hydrogens is 338 g/mol. The van der Waals surface area contributed by atoms with Crippen molar-refractivity contribution in [1.82, 2.24) is 10.6 Å². The summed E-state index contributed by atoms with van der Waals surface area (Å²) >= 11 is 0. The Bertz CT molecular complexity index is 601. The summed E-state index contributed by atoms with van der Waals surface area (Å²) in [4.78, 5) is 44.4. The molecule has 1 aromatic carbocycles. The fourth-order valence-electron chi connectivity index (χ4n) is 2.03. The van der Waals surface area contributed by atoms with Crippen LogP contribution in [-0.2, 0) is 30.5 Å². The van der Waals surface area contributed by atoms with E-state index >= 15 is 0 Å². The lowest BCUT2D eigenvalue weighted by atomic mass is 10.2. The highest BCUT2D eigenvalue weighted by Crippen LogP contribution is 2.10. The van der Waals surface area contributed by atoms with Crippen molar-refractivity contribution in [3.05, 3.63) is 29.8 Å². The van der Waals surface area contributed by atoms with Crippen molar-refractivity contribution < 1.29 is 23.9 Å². The third-order valence-corrected chi connectivity index (χ3v) is 3.48. The van der Waals surface area contributed by atoms with Crippen molar-refractivity contribution in [2.75, 3.05) is 25.5 Å². The maximum atomic E-state index is 11.8. The molecule has 0 aliphatic rings. The quantitative estimate of drug-likeness (QED) is 0.287. The first-order chi connectivity index (χ1) is 12.5. The molecule has 0 aliphatic heterocycles. The molecule has 0 saturated carbocycles. The van der Waals surface area contributed by atoms with E-state index in [1.54, 1.807) is 12.1 Å². The predicted octanol–water partition coefficient (Wildman–Crippen LogP) is 0.763. The maximum Gasteiger partial charge on any atom is 0.306 e. The minimum absolute atomic E-state index is 0.134. The molecule has 0 heterocycles. The van der Waals surface area contributed by atoms with Gasteiger partial charge in [-0.2, -0.15) is 0 Å². The average Bonchev–Trinajstić information content (AvgIpc) is 2.65. The number of anilines is 1. The van der Waals surface area contributed by atoms with Crippen LogP contribution in [0.2, 0.25) is 0 Å². The van der Waals surface area contributed by atoms with Crippen LogP contribution in [0.25, 0.3) is 0 Å². The van der Waals surface area contributed by atoms with Crippen molar-refractivity contribution in [3.8, 4) is 0 Å². The first-order valence-electron chi connectivity index (χ1n) is 8.41. The predicted molar refractivity (Wildman–Crippen MR) is 96.3 cm³/mol. The van der Waals surface area contributed by atoms with Gasteiger partial charge in [-0.25, -0.2) is 0 Å². The number of methoxy groups -OCH3 is 1. The second-order valence-corrected chi connectivity index (χ2v) is 5.55. The molecule has 2 amide bonds. The number of amides is 2. The molecule has 0 unspecified atom stereocenters. The van der Waals surface area contributed by atoms with E-state index in [1.165, 1.54) is 7.11 Å². The molecule has 3 N–H and O–H groups in total. The average molecular weight is 363 g/mol. The number of carbonyl (C=O) groups excluding carboxylic acids is 4. The van der Waals surface area contributed by atoms with Crippen LogP contribution in [0.5, 0.6) is 0 Å². The monoisotopic (exact) mass is 363 g/mol. The fraction of sp³-hybridized carbons (Fsp3) is 0.444. The molecule has 0 fully saturated rings. The van der Waals surface area contributed by atoms with Gasteiger partial charge in [-0.05, 0) is 17.7 Å². The second kappa shape index (κ2) is 12.6. The molecule has 1 aromatic rings. The van der Waals surface area contributed by atoms with Crippen LogP contribution in [0.4, 0.5) is 5.69 Å². The van der Waals surface area contributed by atoms with Crippen LogP contribution in [0.3, 0.4) is 0 Å². The lowest BCUT2D eigenvalue weighted by Gasteiger charge is -2.08. The van der Waals surface area contributed by atoms with E-state index < -0.39 is 0 Å². The van der Waals surface area contributed by atoms with Gasteiger partial charge in [0.2, 0.25) is 11.8 Å². The summed E-state index contributed by atoms with van der Waals surface area (Å²) in [5.74, 6) is -0.596. The summed E-state index contributed by atoms with van der Waals surface area (Å²) in [5.41, 5.74) is 1.56. The normalized spacial score (nSPS) is 10.0. The minimum Gasteiger partial charge on any atom is -0.469 e. The van der Waals surface area contributed by atoms with Gasteiger partial charge in [0.1, 0.15) is 6.29 Å². The lowest BCUT2D eigenvalue weighted by Crippen LogP contribution is -2.24. The van der Waals surface area contributed by atoms with Crippen molar-refractivity contribution in [2.24, 2.45) is 0 Å². The molecular formula is C18H25N3O5. The van der Waals surface area contributed by atoms with Crippen molar-refractivity contribution in [2.45, 2.75) is 32.2 Å². The molecule has 0 atom stereocenters. The SMILES string of the molecule is COC(=O)CCNCCC(=O)Nc1ccc(CNC(=O)CCC=O)cc1. The number of rotatable bonds is 12. The topological polar surface area (TPSA) is 114 Å². The molecule has 0 spiro atoms. The Labute approximate surface area is 152 Å². The van der Waals surface area contributed by atoms with Gasteiger partial charge in [0.15, 0.2) is 0 Å². The molecule has 1 rings (SSSR count). The third-order valence-electron chi connectivity index (χ3n) is 3.48. The highest BCUT2D eigenvalue weighted by atomic mass is 16.5. The number of ether oxygens (including phenoxy) is 1. The van der Waals surface area contributed by atoms with Crippen LogP contribution in [0, 0.1) is 0 Å². The van der Waals surface area contributed by atoms with E-state index in [-0.39, 0.29) is 43.5 Å². The summed E-state index contributed by atoms with van der Waals surface area (Å²) in [6.45, 7) is 1.30. The van der Waals surface area contributed by atoms with E-state index in [4.69, 9.17) is 0 Å². The number of carbonyl (C=O) groups is 4. The molecule has 0 aliphatic carbocycles. The van der Waals surface area contributed by atoms with Crippen LogP contribution in [-0.4, -0.2) is 44.3 Å². The standard InChI is InChI=1S/C18H25N3O5/c1-26-18(25)9-11-19-10-8-17(24)21-15-6-4-14(5-7-15)13-20-16(23)3-2-12-22/h4-7,12,19H,2-3,8-11,13H2,1H3,(H,20,23)(H,21,24). The van der Waals surface area contributed by atoms with Gasteiger partial charge in [0.05, 0.1) is 13.5 Å². The van der Waals surface area contributed by atoms with Gasteiger partial charge >= 0.3 is 5.97 Å². The fourth-order valence-corrected chi connectivity index (χ4v) is 2.03. The zero-order valence-corrected chi connectivity index (χ0v) is 14.9. The Balaban J connectivity index is 2.24. The second-order valence-electron chi connectivity index (χ2n) is 5.55. The number of esters is 1. The zero-order chi connectivity index (χ0) is 19.2. The molecule has 26 heavy (non-hydrogen) atoms. The summed E-state index contributed by atoms with van der Waals surface area (Å²) in [7, 11) is 1.34. The first kappa shape index (κ1) is 21.3. The summed E-state index contributed by atoms with van der Waals surface area (Å²) < 4.78 is 4.52. The Hall–Kier alpha value is -2.74. The largest absolute Gasteiger partial charge is 0.469 e. The van der Waals surface area contributed by atoms with Crippen LogP contribution in [0.15, 0.2) is 24.3 Å². The number of nitrogens with one attached hydrogen (secondary N) is 3. The van der Waals surface area contributed by atoms with E-state index in [0.29, 0.717) is 31.6 Å². The van der Waals surface area contributed by atoms with Gasteiger partial charge in [-0.1, -0.05) is 12.1 Å². The summed E-state index contributed by atoms with van der Waals surface area (Å²) in [6, 6.07) is 7.14. The van der Waals surface area contributed by atoms with E-state index in [2.05, 4.69) is 20.7 Å². The molecule has 0 radical (unpaired) electrons. The molecule has 8 heteroatoms. The van der Waals surface area contributed by atoms with Gasteiger partial charge < -0.3 is 25.5 Å². The maximum absolute atomic E-state index is 11.8. The number of benzene rings is 1. The first-order valence-corrected chi connectivity index (χ1v) is 8.41. The van der Waals surface area contributed by atoms with Gasteiger partial charge in [0.25, 0.3) is 0 Å². The van der Waals surface area contributed by atoms with E-state index in [1.807, 2.05) is 12.1 Å². The minimum atomic E-state index is -0.290. The van der Waals surface area contributed by atoms with Crippen molar-refractivity contribution in [3.63, 3.8) is 0 Å². The Morgan fingerprint density at radius 3 is 2.35 bits per heavy atom. The Kier molecular flexibility index (Phi) is 10.3. The summed E-state index contributed by atoms with van der Waals surface area (Å²) in [5, 5.41) is 8.49. The molecule has 0 saturated heterocycles. The van der Waals surface area contributed by atoms with Crippen LogP contribution >= 0.6 is 0 Å². The molecule has 0 aromatic heterocycles. The summed E-state index contributed by atoms with van der Waals surface area (Å²) in [6.07, 6.45) is 1.67. The van der Waals surface area contributed by atoms with E-state index in [0.717, 1.165) is 5.56 Å². The number of aldehydes is 1. The number of hydrogen-bond acceptors (Lipinski definition) is 6. The van der Waals surface area contributed by atoms with Crippen molar-refractivity contribution in [1.29, 1.82) is 0 Å². The Morgan fingerprint density at radius 2 is 1.69 bits per heavy atom. The lowest BCUT2D eigenvalue weighted by molar-refractivity contribution is -0.140. The molecule has 8 nitrogen and oxygen atoms in total. The smallest absolute Gasteiger partial charge is 0.306 e.